The van der Waals surface area contributed by atoms with Gasteiger partial charge in [0.15, 0.2) is 23.1 Å². The average Bonchev–Trinajstić information content (AvgIpc) is 2.45. The number of ketones is 4. The quantitative estimate of drug-likeness (QED) is 0.633. The highest BCUT2D eigenvalue weighted by atomic mass is 16.1. The molecule has 0 amide bonds. The summed E-state index contributed by atoms with van der Waals surface area (Å²) in [5.74, 6) is -0.233. The lowest BCUT2D eigenvalue weighted by Crippen LogP contribution is -2.18. The first-order valence-corrected chi connectivity index (χ1v) is 6.14. The van der Waals surface area contributed by atoms with E-state index in [0.29, 0.717) is 22.3 Å². The summed E-state index contributed by atoms with van der Waals surface area (Å²) in [6.07, 6.45) is 5.01. The molecule has 2 aliphatic rings. The number of rotatable bonds is 0. The molecule has 0 aromatic carbocycles. The van der Waals surface area contributed by atoms with Gasteiger partial charge in [0.2, 0.25) is 0 Å². The molecule has 0 aromatic rings. The Hall–Kier alpha value is -2.36. The second kappa shape index (κ2) is 6.19. The van der Waals surface area contributed by atoms with Crippen LogP contribution in [0.3, 0.4) is 0 Å². The highest BCUT2D eigenvalue weighted by Crippen LogP contribution is 2.23. The van der Waals surface area contributed by atoms with Gasteiger partial charge in [-0.2, -0.15) is 0 Å². The summed E-state index contributed by atoms with van der Waals surface area (Å²) in [5.41, 5.74) is 2.34. The molecule has 0 saturated heterocycles. The molecule has 4 heteroatoms. The van der Waals surface area contributed by atoms with Crippen LogP contribution in [0.4, 0.5) is 0 Å². The normalized spacial score (nSPS) is 18.6. The van der Waals surface area contributed by atoms with Gasteiger partial charge in [-0.1, -0.05) is 0 Å². The zero-order valence-electron chi connectivity index (χ0n) is 11.9. The van der Waals surface area contributed by atoms with Crippen LogP contribution in [0.25, 0.3) is 0 Å². The summed E-state index contributed by atoms with van der Waals surface area (Å²) < 4.78 is 0. The molecule has 4 nitrogen and oxygen atoms in total. The lowest BCUT2D eigenvalue weighted by molar-refractivity contribution is -0.116. The van der Waals surface area contributed by atoms with E-state index in [-0.39, 0.29) is 23.1 Å². The van der Waals surface area contributed by atoms with Gasteiger partial charge in [0.1, 0.15) is 0 Å². The Morgan fingerprint density at radius 1 is 0.500 bits per heavy atom. The molecule has 0 unspecified atom stereocenters. The topological polar surface area (TPSA) is 68.3 Å². The van der Waals surface area contributed by atoms with Crippen molar-refractivity contribution in [3.8, 4) is 0 Å². The first-order chi connectivity index (χ1) is 9.25. The fraction of sp³-hybridized carbons (Fsp3) is 0.250. The first-order valence-electron chi connectivity index (χ1n) is 6.14. The molecular weight excluding hydrogens is 256 g/mol. The molecule has 0 aromatic heterocycles. The number of hydrogen-bond donors (Lipinski definition) is 0. The number of hydrogen-bond acceptors (Lipinski definition) is 4. The van der Waals surface area contributed by atoms with Crippen molar-refractivity contribution in [3.63, 3.8) is 0 Å². The van der Waals surface area contributed by atoms with E-state index in [9.17, 15) is 19.2 Å². The third kappa shape index (κ3) is 3.35. The zero-order chi connectivity index (χ0) is 15.4. The van der Waals surface area contributed by atoms with Crippen LogP contribution in [0, 0.1) is 0 Å². The molecule has 2 aliphatic carbocycles. The van der Waals surface area contributed by atoms with Gasteiger partial charge < -0.3 is 0 Å². The highest BCUT2D eigenvalue weighted by Gasteiger charge is 2.24. The molecule has 0 fully saturated rings. The van der Waals surface area contributed by atoms with Crippen LogP contribution in [0.15, 0.2) is 46.6 Å². The molecule has 0 spiro atoms. The maximum absolute atomic E-state index is 11.4. The van der Waals surface area contributed by atoms with Gasteiger partial charge >= 0.3 is 0 Å². The molecule has 0 atom stereocenters. The lowest BCUT2D eigenvalue weighted by Gasteiger charge is -2.15. The summed E-state index contributed by atoms with van der Waals surface area (Å²) >= 11 is 0. The first kappa shape index (κ1) is 15.7. The SMILES string of the molecule is CC1=C(C)C(=O)C(C)=C(C)C1=O.O=C1C=CC(=O)C=C1. The van der Waals surface area contributed by atoms with Gasteiger partial charge in [0, 0.05) is 22.3 Å². The Balaban J connectivity index is 0.000000217. The average molecular weight is 272 g/mol. The summed E-state index contributed by atoms with van der Waals surface area (Å²) in [6, 6.07) is 0. The molecule has 0 saturated carbocycles. The Morgan fingerprint density at radius 2 is 0.700 bits per heavy atom. The number of carbonyl (C=O) groups excluding carboxylic acids is 4. The van der Waals surface area contributed by atoms with Crippen LogP contribution in [-0.2, 0) is 19.2 Å². The van der Waals surface area contributed by atoms with Crippen LogP contribution >= 0.6 is 0 Å². The molecule has 0 heterocycles. The van der Waals surface area contributed by atoms with Crippen LogP contribution in [0.2, 0.25) is 0 Å². The van der Waals surface area contributed by atoms with E-state index in [0.717, 1.165) is 0 Å². The third-order valence-electron chi connectivity index (χ3n) is 3.31. The molecule has 0 N–H and O–H groups in total. The van der Waals surface area contributed by atoms with E-state index in [1.165, 1.54) is 24.3 Å². The maximum Gasteiger partial charge on any atom is 0.185 e. The fourth-order valence-corrected chi connectivity index (χ4v) is 1.68. The van der Waals surface area contributed by atoms with Crippen LogP contribution in [0.5, 0.6) is 0 Å². The molecule has 104 valence electrons. The van der Waals surface area contributed by atoms with E-state index in [1.807, 2.05) is 0 Å². The van der Waals surface area contributed by atoms with Crippen molar-refractivity contribution < 1.29 is 19.2 Å². The Kier molecular flexibility index (Phi) is 4.86. The molecular formula is C16H16O4. The van der Waals surface area contributed by atoms with Crippen molar-refractivity contribution in [2.24, 2.45) is 0 Å². The van der Waals surface area contributed by atoms with E-state index in [2.05, 4.69) is 0 Å². The zero-order valence-corrected chi connectivity index (χ0v) is 11.9. The summed E-state index contributed by atoms with van der Waals surface area (Å²) in [6.45, 7) is 6.80. The fourth-order valence-electron chi connectivity index (χ4n) is 1.68. The molecule has 20 heavy (non-hydrogen) atoms. The lowest BCUT2D eigenvalue weighted by atomic mass is 9.87. The van der Waals surface area contributed by atoms with Gasteiger partial charge in [-0.25, -0.2) is 0 Å². The second-order valence-corrected chi connectivity index (χ2v) is 4.63. The van der Waals surface area contributed by atoms with Gasteiger partial charge in [-0.3, -0.25) is 19.2 Å². The molecule has 0 radical (unpaired) electrons. The number of carbonyl (C=O) groups is 4. The van der Waals surface area contributed by atoms with Crippen LogP contribution < -0.4 is 0 Å². The minimum absolute atomic E-state index is 0.00426. The van der Waals surface area contributed by atoms with Gasteiger partial charge in [0.05, 0.1) is 0 Å². The van der Waals surface area contributed by atoms with Crippen LogP contribution in [-0.4, -0.2) is 23.1 Å². The van der Waals surface area contributed by atoms with Crippen molar-refractivity contribution in [1.82, 2.24) is 0 Å². The Morgan fingerprint density at radius 3 is 0.900 bits per heavy atom. The maximum atomic E-state index is 11.4. The molecule has 0 aliphatic heterocycles. The molecule has 2 rings (SSSR count). The minimum Gasteiger partial charge on any atom is -0.290 e. The minimum atomic E-state index is -0.121. The van der Waals surface area contributed by atoms with Crippen molar-refractivity contribution in [3.05, 3.63) is 46.6 Å². The van der Waals surface area contributed by atoms with Crippen LogP contribution in [0.1, 0.15) is 27.7 Å². The summed E-state index contributed by atoms with van der Waals surface area (Å²) in [7, 11) is 0. The third-order valence-corrected chi connectivity index (χ3v) is 3.31. The highest BCUT2D eigenvalue weighted by molar-refractivity contribution is 6.24. The second-order valence-electron chi connectivity index (χ2n) is 4.63. The number of allylic oxidation sites excluding steroid dienone is 8. The van der Waals surface area contributed by atoms with E-state index < -0.39 is 0 Å². The van der Waals surface area contributed by atoms with Crippen molar-refractivity contribution in [1.29, 1.82) is 0 Å². The monoisotopic (exact) mass is 272 g/mol. The van der Waals surface area contributed by atoms with Crippen molar-refractivity contribution >= 4 is 23.1 Å². The Bertz CT molecular complexity index is 525. The smallest absolute Gasteiger partial charge is 0.185 e. The van der Waals surface area contributed by atoms with Gasteiger partial charge in [-0.05, 0) is 52.0 Å². The van der Waals surface area contributed by atoms with Crippen molar-refractivity contribution in [2.45, 2.75) is 27.7 Å². The standard InChI is InChI=1S/C10H12O2.C6H4O2/c1-5-6(2)10(12)8(4)7(3)9(5)11;7-5-1-2-6(8)4-3-5/h1-4H3;1-4H. The largest absolute Gasteiger partial charge is 0.290 e. The summed E-state index contributed by atoms with van der Waals surface area (Å²) in [5, 5.41) is 0. The Labute approximate surface area is 117 Å². The van der Waals surface area contributed by atoms with E-state index in [1.54, 1.807) is 27.7 Å². The predicted molar refractivity (Wildman–Crippen MR) is 75.1 cm³/mol. The summed E-state index contributed by atoms with van der Waals surface area (Å²) in [4.78, 5) is 43.4. The molecule has 0 bridgehead atoms. The number of Topliss-reactive ketones (excluding diaryl/α,β-unsaturated/α-hetero) is 2. The van der Waals surface area contributed by atoms with E-state index in [4.69, 9.17) is 0 Å². The van der Waals surface area contributed by atoms with Crippen molar-refractivity contribution in [2.75, 3.05) is 0 Å². The predicted octanol–water partition coefficient (Wildman–Crippen LogP) is 2.06. The van der Waals surface area contributed by atoms with Gasteiger partial charge in [0.25, 0.3) is 0 Å². The van der Waals surface area contributed by atoms with Gasteiger partial charge in [-0.15, -0.1) is 0 Å². The van der Waals surface area contributed by atoms with E-state index >= 15 is 0 Å².